The first-order valence-corrected chi connectivity index (χ1v) is 10.5. The maximum atomic E-state index is 13.1. The van der Waals surface area contributed by atoms with Gasteiger partial charge in [0.2, 0.25) is 21.7 Å². The van der Waals surface area contributed by atoms with Crippen molar-refractivity contribution in [3.8, 4) is 34.8 Å². The monoisotopic (exact) mass is 436 g/mol. The molecular formula is C30H12O4. The second-order valence-electron chi connectivity index (χ2n) is 8.06. The van der Waals surface area contributed by atoms with Gasteiger partial charge in [-0.15, -0.1) is 0 Å². The maximum absolute atomic E-state index is 13.1. The van der Waals surface area contributed by atoms with Crippen LogP contribution in [-0.4, -0.2) is 0 Å². The predicted octanol–water partition coefficient (Wildman–Crippen LogP) is 2.37. The van der Waals surface area contributed by atoms with Gasteiger partial charge in [-0.2, -0.15) is 0 Å². The molecule has 0 unspecified atom stereocenters. The van der Waals surface area contributed by atoms with Crippen LogP contribution in [0.5, 0.6) is 0 Å². The Morgan fingerprint density at radius 3 is 1.00 bits per heavy atom. The van der Waals surface area contributed by atoms with Crippen molar-refractivity contribution < 1.29 is 0 Å². The molecule has 4 heteroatoms. The van der Waals surface area contributed by atoms with Crippen molar-refractivity contribution >= 4 is 21.5 Å². The molecule has 2 aromatic rings. The van der Waals surface area contributed by atoms with E-state index in [0.717, 1.165) is 11.8 Å². The van der Waals surface area contributed by atoms with Gasteiger partial charge in [0, 0.05) is 43.8 Å². The minimum absolute atomic E-state index is 0.0968. The lowest BCUT2D eigenvalue weighted by Crippen LogP contribution is -2.31. The molecule has 0 aromatic heterocycles. The van der Waals surface area contributed by atoms with E-state index in [-0.39, 0.29) is 21.5 Å². The molecule has 156 valence electrons. The van der Waals surface area contributed by atoms with E-state index in [0.29, 0.717) is 22.3 Å². The van der Waals surface area contributed by atoms with E-state index in [4.69, 9.17) is 0 Å². The zero-order valence-electron chi connectivity index (χ0n) is 17.6. The maximum Gasteiger partial charge on any atom is 0.234 e. The van der Waals surface area contributed by atoms with E-state index >= 15 is 0 Å². The fraction of sp³-hybridized carbons (Fsp3) is 0. The van der Waals surface area contributed by atoms with Gasteiger partial charge in [-0.1, -0.05) is 23.7 Å². The Morgan fingerprint density at radius 1 is 0.412 bits per heavy atom. The molecule has 2 saturated carbocycles. The summed E-state index contributed by atoms with van der Waals surface area (Å²) in [6, 6.07) is 6.09. The zero-order chi connectivity index (χ0) is 23.4. The molecule has 34 heavy (non-hydrogen) atoms. The van der Waals surface area contributed by atoms with Crippen LogP contribution >= 0.6 is 0 Å². The number of hydrogen-bond donors (Lipinski definition) is 0. The van der Waals surface area contributed by atoms with Crippen LogP contribution in [0, 0.1) is 86.9 Å². The van der Waals surface area contributed by atoms with E-state index in [2.05, 4.69) is 23.7 Å². The molecule has 6 rings (SSSR count). The quantitative estimate of drug-likeness (QED) is 0.241. The third kappa shape index (κ3) is 3.25. The van der Waals surface area contributed by atoms with Crippen LogP contribution in [0.2, 0.25) is 0 Å². The highest BCUT2D eigenvalue weighted by atomic mass is 16.2. The molecule has 0 aliphatic heterocycles. The van der Waals surface area contributed by atoms with Crippen molar-refractivity contribution in [2.75, 3.05) is 0 Å². The molecular weight excluding hydrogens is 424 g/mol. The Balaban J connectivity index is 1.63. The van der Waals surface area contributed by atoms with E-state index < -0.39 is 21.7 Å². The Labute approximate surface area is 196 Å². The van der Waals surface area contributed by atoms with Crippen molar-refractivity contribution in [1.82, 2.24) is 0 Å². The van der Waals surface area contributed by atoms with Gasteiger partial charge in [0.05, 0.1) is 11.8 Å². The van der Waals surface area contributed by atoms with Crippen LogP contribution in [0.25, 0.3) is 32.7 Å². The number of rotatable bonds is 0. The molecule has 10 radical (unpaired) electrons. The molecule has 0 spiro atoms. The smallest absolute Gasteiger partial charge is 0.234 e. The summed E-state index contributed by atoms with van der Waals surface area (Å²) in [5, 5.41) is 0.387. The fourth-order valence-corrected chi connectivity index (χ4v) is 4.38. The summed E-state index contributed by atoms with van der Waals surface area (Å²) in [5.74, 6) is 13.3. The van der Waals surface area contributed by atoms with Gasteiger partial charge >= 0.3 is 0 Å². The Kier molecular flexibility index (Phi) is 4.85. The van der Waals surface area contributed by atoms with Gasteiger partial charge in [-0.25, -0.2) is 0 Å². The van der Waals surface area contributed by atoms with Crippen molar-refractivity contribution in [2.24, 2.45) is 0 Å². The van der Waals surface area contributed by atoms with Crippen LogP contribution in [0.3, 0.4) is 0 Å². The molecule has 4 nitrogen and oxygen atoms in total. The first-order chi connectivity index (χ1) is 16.5. The summed E-state index contributed by atoms with van der Waals surface area (Å²) in [6.07, 6.45) is 14.7. The lowest BCUT2D eigenvalue weighted by molar-refractivity contribution is 1.43. The van der Waals surface area contributed by atoms with Crippen LogP contribution in [0.15, 0.2) is 43.4 Å². The van der Waals surface area contributed by atoms with Crippen LogP contribution < -0.4 is 21.7 Å². The lowest BCUT2D eigenvalue weighted by atomic mass is 9.85. The third-order valence-corrected chi connectivity index (χ3v) is 5.95. The van der Waals surface area contributed by atoms with Gasteiger partial charge in [0.15, 0.2) is 0 Å². The van der Waals surface area contributed by atoms with E-state index in [1.807, 2.05) is 51.4 Å². The molecule has 0 saturated heterocycles. The molecule has 2 fully saturated rings. The topological polar surface area (TPSA) is 68.3 Å². The standard InChI is InChI=1S/C30H12O4/c31-27-21-13-19(11-9-17-5-1-2-6-17)14-22-25(21)26-23(29(27)33)15-20(12-10-18-7-3-4-8-18)16-24(26)30(34)28(22)32/h1-8,13-16H. The molecule has 0 bridgehead atoms. The molecule has 0 amide bonds. The first-order valence-electron chi connectivity index (χ1n) is 10.5. The van der Waals surface area contributed by atoms with Gasteiger partial charge in [-0.3, -0.25) is 19.2 Å². The predicted molar refractivity (Wildman–Crippen MR) is 131 cm³/mol. The summed E-state index contributed by atoms with van der Waals surface area (Å²) in [5.41, 5.74) is -1.47. The number of hydrogen-bond acceptors (Lipinski definition) is 4. The summed E-state index contributed by atoms with van der Waals surface area (Å²) in [4.78, 5) is 52.3. The Morgan fingerprint density at radius 2 is 0.706 bits per heavy atom. The second kappa shape index (κ2) is 7.93. The molecule has 0 N–H and O–H groups in total. The van der Waals surface area contributed by atoms with Crippen LogP contribution in [-0.2, 0) is 0 Å². The summed E-state index contributed by atoms with van der Waals surface area (Å²) >= 11 is 0. The van der Waals surface area contributed by atoms with E-state index in [9.17, 15) is 19.2 Å². The van der Waals surface area contributed by atoms with Crippen molar-refractivity contribution in [3.63, 3.8) is 0 Å². The van der Waals surface area contributed by atoms with Gasteiger partial charge in [0.25, 0.3) is 0 Å². The Hall–Kier alpha value is -3.76. The minimum Gasteiger partial charge on any atom is -0.285 e. The minimum atomic E-state index is -0.727. The normalized spacial score (nSPS) is 16.8. The average Bonchev–Trinajstić information content (AvgIpc) is 3.56. The zero-order valence-corrected chi connectivity index (χ0v) is 17.6. The molecule has 4 aliphatic carbocycles. The lowest BCUT2D eigenvalue weighted by Gasteiger charge is -2.15. The largest absolute Gasteiger partial charge is 0.285 e. The highest BCUT2D eigenvalue weighted by Gasteiger charge is 2.26. The summed E-state index contributed by atoms with van der Waals surface area (Å²) in [7, 11) is 0. The molecule has 0 heterocycles. The highest BCUT2D eigenvalue weighted by Crippen LogP contribution is 2.35. The van der Waals surface area contributed by atoms with Crippen LogP contribution in [0.1, 0.15) is 11.1 Å². The van der Waals surface area contributed by atoms with E-state index in [1.165, 1.54) is 24.3 Å². The second-order valence-corrected chi connectivity index (χ2v) is 8.06. The Bertz CT molecular complexity index is 1530. The summed E-state index contributed by atoms with van der Waals surface area (Å²) in [6.45, 7) is 0. The van der Waals surface area contributed by atoms with Crippen molar-refractivity contribution in [3.05, 3.63) is 139 Å². The van der Waals surface area contributed by atoms with Crippen molar-refractivity contribution in [1.29, 1.82) is 0 Å². The highest BCUT2D eigenvalue weighted by molar-refractivity contribution is 6.12. The average molecular weight is 436 g/mol. The van der Waals surface area contributed by atoms with Gasteiger partial charge in [-0.05, 0) is 75.6 Å². The fourth-order valence-electron chi connectivity index (χ4n) is 4.38. The SMILES string of the molecule is O=c1c(=O)c2cc(C#C[C]3[CH][CH][CH][CH]3)cc3c2-c2c1cc(C#C[C]1[CH][CH][CH][CH]1)cc2c(=O)c3=O. The van der Waals surface area contributed by atoms with Gasteiger partial charge in [0.1, 0.15) is 0 Å². The molecule has 0 atom stereocenters. The molecule has 2 aromatic carbocycles. The van der Waals surface area contributed by atoms with E-state index in [1.54, 1.807) is 0 Å². The molecule has 4 aliphatic rings. The third-order valence-electron chi connectivity index (χ3n) is 5.95. The first kappa shape index (κ1) is 20.8. The van der Waals surface area contributed by atoms with Gasteiger partial charge < -0.3 is 0 Å². The number of benzene rings is 4. The van der Waals surface area contributed by atoms with Crippen molar-refractivity contribution in [2.45, 2.75) is 0 Å². The summed E-state index contributed by atoms with van der Waals surface area (Å²) < 4.78 is 0. The van der Waals surface area contributed by atoms with Crippen LogP contribution in [0.4, 0.5) is 0 Å².